The Kier molecular flexibility index (Phi) is 44.9. The van der Waals surface area contributed by atoms with Gasteiger partial charge < -0.3 is 10.2 Å². The molecule has 0 saturated heterocycles. The van der Waals surface area contributed by atoms with Gasteiger partial charge in [0.1, 0.15) is 0 Å². The van der Waals surface area contributed by atoms with Crippen LogP contribution in [0.25, 0.3) is 0 Å². The van der Waals surface area contributed by atoms with Gasteiger partial charge in [0.2, 0.25) is 0 Å². The summed E-state index contributed by atoms with van der Waals surface area (Å²) in [5.41, 5.74) is 0. The van der Waals surface area contributed by atoms with E-state index in [9.17, 15) is 10.2 Å². The van der Waals surface area contributed by atoms with Crippen molar-refractivity contribution in [3.63, 3.8) is 0 Å². The van der Waals surface area contributed by atoms with Crippen LogP contribution in [0.1, 0.15) is 130 Å². The van der Waals surface area contributed by atoms with E-state index in [2.05, 4.69) is 13.8 Å². The Morgan fingerprint density at radius 2 is 0.704 bits per heavy atom. The van der Waals surface area contributed by atoms with E-state index in [0.29, 0.717) is 0 Å². The predicted molar refractivity (Wildman–Crippen MR) is 122 cm³/mol. The van der Waals surface area contributed by atoms with Crippen LogP contribution in [-0.2, 0) is 0 Å². The van der Waals surface area contributed by atoms with Crippen molar-refractivity contribution >= 4 is 21.1 Å². The maximum Gasteiger partial charge on any atom is -0.0575 e. The Morgan fingerprint density at radius 3 is 0.963 bits per heavy atom. The van der Waals surface area contributed by atoms with Crippen LogP contribution in [0, 0.1) is 0 Å². The fourth-order valence-electron chi connectivity index (χ4n) is 2.47. The van der Waals surface area contributed by atoms with E-state index < -0.39 is 0 Å². The Hall–Kier alpha value is 0.719. The van der Waals surface area contributed by atoms with Gasteiger partial charge in [0.05, 0.1) is 0 Å². The first-order chi connectivity index (χ1) is 13.2. The molecule has 0 aromatic carbocycles. The SMILES string of the molecule is CCCCCCC[CH2][Sn+2][CH2]CCCCCCC.CCCC[O-].CCCC[O-]. The van der Waals surface area contributed by atoms with Crippen LogP contribution in [-0.4, -0.2) is 34.4 Å². The Balaban J connectivity index is -0.000000471. The van der Waals surface area contributed by atoms with Gasteiger partial charge in [-0.1, -0.05) is 39.5 Å². The van der Waals surface area contributed by atoms with Crippen LogP contribution in [0.3, 0.4) is 0 Å². The van der Waals surface area contributed by atoms with E-state index in [4.69, 9.17) is 0 Å². The molecular formula is C24H52O2Sn. The van der Waals surface area contributed by atoms with Crippen molar-refractivity contribution in [1.82, 2.24) is 0 Å². The maximum atomic E-state index is 9.53. The first kappa shape index (κ1) is 32.4. The van der Waals surface area contributed by atoms with Gasteiger partial charge in [-0.05, 0) is 0 Å². The molecule has 2 nitrogen and oxygen atoms in total. The average Bonchev–Trinajstić information content (AvgIpc) is 2.68. The van der Waals surface area contributed by atoms with Crippen molar-refractivity contribution in [3.8, 4) is 0 Å². The fraction of sp³-hybridized carbons (Fsp3) is 1.00. The molecule has 0 bridgehead atoms. The van der Waals surface area contributed by atoms with Crippen LogP contribution in [0.4, 0.5) is 0 Å². The summed E-state index contributed by atoms with van der Waals surface area (Å²) >= 11 is 0.0736. The summed E-state index contributed by atoms with van der Waals surface area (Å²) < 4.78 is 3.31. The quantitative estimate of drug-likeness (QED) is 0.161. The number of unbranched alkanes of at least 4 members (excludes halogenated alkanes) is 12. The first-order valence-corrected chi connectivity index (χ1v) is 16.1. The third-order valence-electron chi connectivity index (χ3n) is 4.41. The van der Waals surface area contributed by atoms with E-state index in [-0.39, 0.29) is 34.4 Å². The van der Waals surface area contributed by atoms with Crippen LogP contribution >= 0.6 is 0 Å². The molecule has 0 aromatic heterocycles. The van der Waals surface area contributed by atoms with Crippen LogP contribution in [0.5, 0.6) is 0 Å². The zero-order valence-electron chi connectivity index (χ0n) is 19.5. The van der Waals surface area contributed by atoms with Gasteiger partial charge in [0, 0.05) is 0 Å². The molecule has 0 N–H and O–H groups in total. The van der Waals surface area contributed by atoms with Gasteiger partial charge in [0.25, 0.3) is 0 Å². The maximum absolute atomic E-state index is 9.53. The summed E-state index contributed by atoms with van der Waals surface area (Å²) in [6.45, 7) is 8.81. The second kappa shape index (κ2) is 37.5. The largest absolute Gasteiger partial charge is 0.854 e. The molecule has 0 heterocycles. The van der Waals surface area contributed by atoms with E-state index in [1.165, 1.54) is 64.2 Å². The van der Waals surface area contributed by atoms with Crippen LogP contribution in [0.15, 0.2) is 0 Å². The molecular weight excluding hydrogens is 439 g/mol. The number of hydrogen-bond acceptors (Lipinski definition) is 2. The summed E-state index contributed by atoms with van der Waals surface area (Å²) in [4.78, 5) is 0. The van der Waals surface area contributed by atoms with Crippen molar-refractivity contribution in [3.05, 3.63) is 0 Å². The van der Waals surface area contributed by atoms with Crippen molar-refractivity contribution in [2.45, 2.75) is 139 Å². The minimum absolute atomic E-state index is 0.0736. The van der Waals surface area contributed by atoms with Gasteiger partial charge in [-0.3, -0.25) is 0 Å². The molecule has 0 atom stereocenters. The molecule has 164 valence electrons. The normalized spacial score (nSPS) is 9.70. The van der Waals surface area contributed by atoms with E-state index in [1.807, 2.05) is 13.8 Å². The van der Waals surface area contributed by atoms with E-state index in [0.717, 1.165) is 25.7 Å². The van der Waals surface area contributed by atoms with Crippen molar-refractivity contribution in [2.75, 3.05) is 13.2 Å². The fourth-order valence-corrected chi connectivity index (χ4v) is 6.04. The van der Waals surface area contributed by atoms with E-state index >= 15 is 0 Å². The number of rotatable bonds is 18. The third kappa shape index (κ3) is 46.6. The second-order valence-electron chi connectivity index (χ2n) is 7.40. The zero-order valence-corrected chi connectivity index (χ0v) is 22.3. The third-order valence-corrected chi connectivity index (χ3v) is 8.45. The molecule has 0 fully saturated rings. The Bertz CT molecular complexity index is 177. The molecule has 0 aliphatic rings. The molecule has 0 spiro atoms. The minimum atomic E-state index is 0.0736. The molecule has 0 unspecified atom stereocenters. The summed E-state index contributed by atoms with van der Waals surface area (Å²) in [5.74, 6) is 0. The molecule has 0 aromatic rings. The average molecular weight is 491 g/mol. The van der Waals surface area contributed by atoms with Crippen molar-refractivity contribution in [1.29, 1.82) is 0 Å². The molecule has 0 rings (SSSR count). The number of hydrogen-bond donors (Lipinski definition) is 0. The Labute approximate surface area is 183 Å². The van der Waals surface area contributed by atoms with Gasteiger partial charge in [-0.25, -0.2) is 0 Å². The van der Waals surface area contributed by atoms with Crippen molar-refractivity contribution < 1.29 is 10.2 Å². The topological polar surface area (TPSA) is 46.1 Å². The van der Waals surface area contributed by atoms with Gasteiger partial charge >= 0.3 is 121 Å². The molecule has 3 heteroatoms. The van der Waals surface area contributed by atoms with Gasteiger partial charge in [0.15, 0.2) is 0 Å². The first-order valence-electron chi connectivity index (χ1n) is 12.1. The zero-order chi connectivity index (χ0) is 20.8. The minimum Gasteiger partial charge on any atom is -0.854 e. The summed E-state index contributed by atoms with van der Waals surface area (Å²) in [7, 11) is 0. The van der Waals surface area contributed by atoms with Crippen LogP contribution in [0.2, 0.25) is 8.87 Å². The van der Waals surface area contributed by atoms with Gasteiger partial charge in [-0.2, -0.15) is 0 Å². The molecule has 0 aliphatic carbocycles. The van der Waals surface area contributed by atoms with Crippen LogP contribution < -0.4 is 10.2 Å². The predicted octanol–water partition coefficient (Wildman–Crippen LogP) is 6.54. The van der Waals surface area contributed by atoms with Crippen molar-refractivity contribution in [2.24, 2.45) is 0 Å². The smallest absolute Gasteiger partial charge is 0.0575 e. The molecule has 0 amide bonds. The summed E-state index contributed by atoms with van der Waals surface area (Å²) in [5, 5.41) is 19.1. The standard InChI is InChI=1S/2C8H17.2C4H9O.Sn/c2*1-3-5-7-8-6-4-2;2*1-2-3-4-5;/h2*1,3-8H2,2H3;2*2-4H2,1H3;/q;;2*-1;+2. The van der Waals surface area contributed by atoms with Gasteiger partial charge in [-0.15, -0.1) is 13.2 Å². The molecule has 27 heavy (non-hydrogen) atoms. The molecule has 0 aliphatic heterocycles. The van der Waals surface area contributed by atoms with E-state index in [1.54, 1.807) is 21.7 Å². The molecule has 0 saturated carbocycles. The second-order valence-corrected chi connectivity index (χ2v) is 11.7. The molecule has 0 radical (unpaired) electrons. The Morgan fingerprint density at radius 1 is 0.407 bits per heavy atom. The summed E-state index contributed by atoms with van der Waals surface area (Å²) in [6.07, 6.45) is 21.6. The summed E-state index contributed by atoms with van der Waals surface area (Å²) in [6, 6.07) is 0. The monoisotopic (exact) mass is 492 g/mol.